The zero-order valence-corrected chi connectivity index (χ0v) is 20.0. The summed E-state index contributed by atoms with van der Waals surface area (Å²) in [4.78, 5) is 28.6. The third kappa shape index (κ3) is 7.27. The summed E-state index contributed by atoms with van der Waals surface area (Å²) < 4.78 is 14.4. The summed E-state index contributed by atoms with van der Waals surface area (Å²) >= 11 is 0. The third-order valence-electron chi connectivity index (χ3n) is 5.84. The van der Waals surface area contributed by atoms with E-state index in [-0.39, 0.29) is 24.8 Å². The number of carbonyl (C=O) groups is 2. The molecule has 0 aromatic heterocycles. The van der Waals surface area contributed by atoms with Gasteiger partial charge < -0.3 is 10.2 Å². The topological polar surface area (TPSA) is 49.4 Å². The molecule has 0 aliphatic carbocycles. The monoisotopic (exact) mass is 460 g/mol. The van der Waals surface area contributed by atoms with E-state index in [2.05, 4.69) is 12.2 Å². The summed E-state index contributed by atoms with van der Waals surface area (Å²) in [5.41, 5.74) is 3.30. The molecule has 2 amide bonds. The van der Waals surface area contributed by atoms with Crippen LogP contribution in [0.4, 0.5) is 4.39 Å². The minimum absolute atomic E-state index is 0.105. The van der Waals surface area contributed by atoms with Crippen molar-refractivity contribution in [1.82, 2.24) is 10.2 Å². The quantitative estimate of drug-likeness (QED) is 0.398. The molecule has 0 saturated carbocycles. The molecule has 1 N–H and O–H groups in total. The Kier molecular flexibility index (Phi) is 9.39. The molecule has 3 aromatic rings. The molecule has 0 saturated heterocycles. The van der Waals surface area contributed by atoms with Gasteiger partial charge in [-0.2, -0.15) is 0 Å². The van der Waals surface area contributed by atoms with Gasteiger partial charge in [-0.25, -0.2) is 4.39 Å². The first-order valence-electron chi connectivity index (χ1n) is 11.9. The van der Waals surface area contributed by atoms with Crippen molar-refractivity contribution in [2.45, 2.75) is 52.1 Å². The Bertz CT molecular complexity index is 1080. The van der Waals surface area contributed by atoms with E-state index in [1.165, 1.54) is 6.07 Å². The third-order valence-corrected chi connectivity index (χ3v) is 5.84. The predicted octanol–water partition coefficient (Wildman–Crippen LogP) is 5.23. The second kappa shape index (κ2) is 12.7. The molecule has 0 radical (unpaired) electrons. The number of unbranched alkanes of at least 4 members (excludes halogenated alkanes) is 1. The standard InChI is InChI=1S/C29H33FN2O2/c1-3-4-17-31-29(34)27(19-23-12-6-5-7-13-23)32(21-24-14-10-11-22(2)18-24)28(33)20-25-15-8-9-16-26(25)30/h5-16,18,27H,3-4,17,19-21H2,1-2H3,(H,31,34)/t27-/m1/s1. The van der Waals surface area contributed by atoms with Crippen LogP contribution in [-0.2, 0) is 29.0 Å². The first-order chi connectivity index (χ1) is 16.5. The minimum atomic E-state index is -0.709. The average molecular weight is 461 g/mol. The molecule has 3 rings (SSSR count). The van der Waals surface area contributed by atoms with E-state index in [4.69, 9.17) is 0 Å². The van der Waals surface area contributed by atoms with E-state index in [0.717, 1.165) is 29.5 Å². The Hall–Kier alpha value is -3.47. The number of nitrogens with zero attached hydrogens (tertiary/aromatic N) is 1. The highest BCUT2D eigenvalue weighted by Gasteiger charge is 2.30. The summed E-state index contributed by atoms with van der Waals surface area (Å²) in [6.45, 7) is 4.89. The molecule has 0 fully saturated rings. The molecule has 0 bridgehead atoms. The molecule has 34 heavy (non-hydrogen) atoms. The van der Waals surface area contributed by atoms with Crippen molar-refractivity contribution in [2.24, 2.45) is 0 Å². The molecule has 0 unspecified atom stereocenters. The lowest BCUT2D eigenvalue weighted by atomic mass is 10.0. The second-order valence-corrected chi connectivity index (χ2v) is 8.63. The van der Waals surface area contributed by atoms with Gasteiger partial charge in [-0.05, 0) is 36.1 Å². The summed E-state index contributed by atoms with van der Waals surface area (Å²) in [6.07, 6.45) is 2.10. The molecule has 178 valence electrons. The van der Waals surface area contributed by atoms with Crippen LogP contribution in [-0.4, -0.2) is 29.3 Å². The SMILES string of the molecule is CCCCNC(=O)[C@@H](Cc1ccccc1)N(Cc1cccc(C)c1)C(=O)Cc1ccccc1F. The number of carbonyl (C=O) groups excluding carboxylic acids is 2. The summed E-state index contributed by atoms with van der Waals surface area (Å²) in [5.74, 6) is -0.886. The van der Waals surface area contributed by atoms with Crippen molar-refractivity contribution in [3.8, 4) is 0 Å². The highest BCUT2D eigenvalue weighted by molar-refractivity contribution is 5.88. The van der Waals surface area contributed by atoms with Gasteiger partial charge in [0.2, 0.25) is 11.8 Å². The maximum atomic E-state index is 14.4. The number of nitrogens with one attached hydrogen (secondary N) is 1. The van der Waals surface area contributed by atoms with E-state index < -0.39 is 11.9 Å². The number of hydrogen-bond donors (Lipinski definition) is 1. The zero-order valence-electron chi connectivity index (χ0n) is 20.0. The van der Waals surface area contributed by atoms with Gasteiger partial charge in [-0.1, -0.05) is 91.7 Å². The summed E-state index contributed by atoms with van der Waals surface area (Å²) in [6, 6.07) is 23.2. The lowest BCUT2D eigenvalue weighted by Gasteiger charge is -2.32. The number of rotatable bonds is 11. The van der Waals surface area contributed by atoms with Gasteiger partial charge in [-0.3, -0.25) is 9.59 Å². The van der Waals surface area contributed by atoms with E-state index in [1.807, 2.05) is 61.5 Å². The normalized spacial score (nSPS) is 11.6. The van der Waals surface area contributed by atoms with Crippen molar-refractivity contribution in [2.75, 3.05) is 6.54 Å². The molecular formula is C29H33FN2O2. The summed E-state index contributed by atoms with van der Waals surface area (Å²) in [7, 11) is 0. The van der Waals surface area contributed by atoms with Crippen LogP contribution in [0.1, 0.15) is 42.0 Å². The molecular weight excluding hydrogens is 427 g/mol. The van der Waals surface area contributed by atoms with Gasteiger partial charge in [0.25, 0.3) is 0 Å². The van der Waals surface area contributed by atoms with Gasteiger partial charge in [0, 0.05) is 19.5 Å². The van der Waals surface area contributed by atoms with Crippen LogP contribution in [0.2, 0.25) is 0 Å². The smallest absolute Gasteiger partial charge is 0.243 e. The summed E-state index contributed by atoms with van der Waals surface area (Å²) in [5, 5.41) is 3.00. The molecule has 0 aliphatic rings. The Balaban J connectivity index is 1.95. The zero-order chi connectivity index (χ0) is 24.3. The lowest BCUT2D eigenvalue weighted by Crippen LogP contribution is -2.51. The Morgan fingerprint density at radius 3 is 2.35 bits per heavy atom. The van der Waals surface area contributed by atoms with Crippen molar-refractivity contribution in [3.05, 3.63) is 107 Å². The van der Waals surface area contributed by atoms with Crippen LogP contribution in [0, 0.1) is 12.7 Å². The van der Waals surface area contributed by atoms with E-state index >= 15 is 0 Å². The molecule has 5 heteroatoms. The largest absolute Gasteiger partial charge is 0.354 e. The lowest BCUT2D eigenvalue weighted by molar-refractivity contribution is -0.140. The van der Waals surface area contributed by atoms with E-state index in [9.17, 15) is 14.0 Å². The van der Waals surface area contributed by atoms with Crippen molar-refractivity contribution in [1.29, 1.82) is 0 Å². The van der Waals surface area contributed by atoms with Crippen LogP contribution in [0.25, 0.3) is 0 Å². The number of hydrogen-bond acceptors (Lipinski definition) is 2. The van der Waals surface area contributed by atoms with Crippen molar-refractivity contribution in [3.63, 3.8) is 0 Å². The van der Waals surface area contributed by atoms with Crippen LogP contribution >= 0.6 is 0 Å². The fraction of sp³-hybridized carbons (Fsp3) is 0.310. The van der Waals surface area contributed by atoms with E-state index in [1.54, 1.807) is 23.1 Å². The van der Waals surface area contributed by atoms with Crippen LogP contribution in [0.15, 0.2) is 78.9 Å². The number of benzene rings is 3. The average Bonchev–Trinajstić information content (AvgIpc) is 2.83. The fourth-order valence-corrected chi connectivity index (χ4v) is 3.97. The molecule has 0 aliphatic heterocycles. The van der Waals surface area contributed by atoms with Gasteiger partial charge in [0.05, 0.1) is 6.42 Å². The molecule has 3 aromatic carbocycles. The van der Waals surface area contributed by atoms with Gasteiger partial charge >= 0.3 is 0 Å². The minimum Gasteiger partial charge on any atom is -0.354 e. The first kappa shape index (κ1) is 25.2. The maximum absolute atomic E-state index is 14.4. The fourth-order valence-electron chi connectivity index (χ4n) is 3.97. The first-order valence-corrected chi connectivity index (χ1v) is 11.9. The van der Waals surface area contributed by atoms with Crippen molar-refractivity contribution >= 4 is 11.8 Å². The van der Waals surface area contributed by atoms with Gasteiger partial charge in [-0.15, -0.1) is 0 Å². The predicted molar refractivity (Wildman–Crippen MR) is 134 cm³/mol. The molecule has 0 heterocycles. The molecule has 0 spiro atoms. The van der Waals surface area contributed by atoms with Crippen LogP contribution < -0.4 is 5.32 Å². The molecule has 1 atom stereocenters. The van der Waals surface area contributed by atoms with Gasteiger partial charge in [0.15, 0.2) is 0 Å². The van der Waals surface area contributed by atoms with Crippen LogP contribution in [0.3, 0.4) is 0 Å². The van der Waals surface area contributed by atoms with E-state index in [0.29, 0.717) is 18.5 Å². The Morgan fingerprint density at radius 1 is 0.941 bits per heavy atom. The highest BCUT2D eigenvalue weighted by atomic mass is 19.1. The number of amides is 2. The molecule has 4 nitrogen and oxygen atoms in total. The van der Waals surface area contributed by atoms with Crippen molar-refractivity contribution < 1.29 is 14.0 Å². The maximum Gasteiger partial charge on any atom is 0.243 e. The second-order valence-electron chi connectivity index (χ2n) is 8.63. The Labute approximate surface area is 201 Å². The highest BCUT2D eigenvalue weighted by Crippen LogP contribution is 2.18. The van der Waals surface area contributed by atoms with Gasteiger partial charge in [0.1, 0.15) is 11.9 Å². The van der Waals surface area contributed by atoms with Crippen LogP contribution in [0.5, 0.6) is 0 Å². The number of aryl methyl sites for hydroxylation is 1. The number of halogens is 1. The Morgan fingerprint density at radius 2 is 1.65 bits per heavy atom.